The maximum absolute atomic E-state index is 12.8. The molecule has 2 rings (SSSR count). The Hall–Kier alpha value is -2.37. The molecule has 1 radical (unpaired) electrons. The van der Waals surface area contributed by atoms with E-state index in [0.717, 1.165) is 5.56 Å². The number of carboxylic acids is 1. The summed E-state index contributed by atoms with van der Waals surface area (Å²) in [4.78, 5) is 21.3. The molecule has 1 heterocycles. The zero-order chi connectivity index (χ0) is 15.4. The standard InChI is InChI=1S/C15H12FNO4.Cu/c16-11-5-3-10(4-6-11)9-17-7-1-2-12(17)13(18)8-14(19)15(20)21;/h1-8,18H,9H2,(H,20,21);/q;+2/p-2/b13-8-;. The van der Waals surface area contributed by atoms with Gasteiger partial charge >= 0.3 is 17.1 Å². The Bertz CT molecular complexity index is 707. The van der Waals surface area contributed by atoms with E-state index in [0.29, 0.717) is 12.6 Å². The van der Waals surface area contributed by atoms with Crippen LogP contribution >= 0.6 is 0 Å². The van der Waals surface area contributed by atoms with Crippen LogP contribution < -0.4 is 10.2 Å². The first-order chi connectivity index (χ1) is 9.97. The van der Waals surface area contributed by atoms with E-state index in [9.17, 15) is 24.2 Å². The first-order valence-electron chi connectivity index (χ1n) is 6.01. The van der Waals surface area contributed by atoms with Crippen molar-refractivity contribution < 1.29 is 41.3 Å². The molecule has 5 nitrogen and oxygen atoms in total. The number of aliphatic carboxylic acids is 1. The third kappa shape index (κ3) is 4.31. The van der Waals surface area contributed by atoms with E-state index in [4.69, 9.17) is 0 Å². The summed E-state index contributed by atoms with van der Waals surface area (Å²) >= 11 is 0. The molecule has 7 heteroatoms. The van der Waals surface area contributed by atoms with Gasteiger partial charge in [-0.25, -0.2) is 4.39 Å². The van der Waals surface area contributed by atoms with Crippen LogP contribution in [0.25, 0.3) is 5.76 Å². The van der Waals surface area contributed by atoms with Crippen LogP contribution in [0.3, 0.4) is 0 Å². The van der Waals surface area contributed by atoms with Crippen molar-refractivity contribution in [2.75, 3.05) is 0 Å². The van der Waals surface area contributed by atoms with Gasteiger partial charge in [-0.3, -0.25) is 4.79 Å². The number of nitrogens with zero attached hydrogens (tertiary/aromatic N) is 1. The van der Waals surface area contributed by atoms with Crippen LogP contribution in [-0.4, -0.2) is 16.3 Å². The predicted octanol–water partition coefficient (Wildman–Crippen LogP) is -0.307. The number of carbonyl (C=O) groups excluding carboxylic acids is 2. The number of aromatic nitrogens is 1. The van der Waals surface area contributed by atoms with Gasteiger partial charge in [0, 0.05) is 18.4 Å². The molecule has 2 aromatic rings. The monoisotopic (exact) mass is 350 g/mol. The molecule has 0 atom stereocenters. The second-order valence-corrected chi connectivity index (χ2v) is 4.31. The van der Waals surface area contributed by atoms with Crippen LogP contribution in [0.15, 0.2) is 48.7 Å². The molecule has 22 heavy (non-hydrogen) atoms. The van der Waals surface area contributed by atoms with Crippen LogP contribution in [0, 0.1) is 5.82 Å². The second-order valence-electron chi connectivity index (χ2n) is 4.31. The summed E-state index contributed by atoms with van der Waals surface area (Å²) in [6, 6.07) is 8.79. The average molecular weight is 351 g/mol. The normalized spacial score (nSPS) is 10.9. The maximum Gasteiger partial charge on any atom is 2.00 e. The molecule has 0 unspecified atom stereocenters. The van der Waals surface area contributed by atoms with Gasteiger partial charge in [-0.15, -0.1) is 0 Å². The summed E-state index contributed by atoms with van der Waals surface area (Å²) in [5.41, 5.74) is 0.918. The first-order valence-corrected chi connectivity index (χ1v) is 6.01. The Morgan fingerprint density at radius 3 is 2.36 bits per heavy atom. The number of rotatable bonds is 5. The molecular formula is C15H10CuFNO4. The fraction of sp³-hybridized carbons (Fsp3) is 0.0667. The quantitative estimate of drug-likeness (QED) is 0.320. The van der Waals surface area contributed by atoms with Crippen molar-refractivity contribution in [2.45, 2.75) is 6.54 Å². The number of hydrogen-bond acceptors (Lipinski definition) is 4. The molecule has 0 bridgehead atoms. The van der Waals surface area contributed by atoms with E-state index in [1.54, 1.807) is 24.4 Å². The van der Waals surface area contributed by atoms with Crippen LogP contribution in [0.5, 0.6) is 0 Å². The summed E-state index contributed by atoms with van der Waals surface area (Å²) in [6.45, 7) is 0.293. The number of carboxylic acid groups (broad SMARTS) is 1. The summed E-state index contributed by atoms with van der Waals surface area (Å²) in [5.74, 6) is -4.40. The van der Waals surface area contributed by atoms with Crippen molar-refractivity contribution in [3.05, 3.63) is 65.7 Å². The van der Waals surface area contributed by atoms with Gasteiger partial charge in [-0.2, -0.15) is 0 Å². The van der Waals surface area contributed by atoms with E-state index in [2.05, 4.69) is 0 Å². The first kappa shape index (κ1) is 17.7. The molecular weight excluding hydrogens is 341 g/mol. The molecule has 0 spiro atoms. The van der Waals surface area contributed by atoms with Crippen molar-refractivity contribution in [2.24, 2.45) is 0 Å². The van der Waals surface area contributed by atoms with Gasteiger partial charge < -0.3 is 19.6 Å². The molecule has 1 aromatic heterocycles. The SMILES string of the molecule is O=C([O-])C(=O)/C=C(\[O-])c1cccn1Cc1ccc(F)cc1.[Cu+2]. The molecule has 0 aliphatic heterocycles. The van der Waals surface area contributed by atoms with E-state index >= 15 is 0 Å². The van der Waals surface area contributed by atoms with Gasteiger partial charge in [0.1, 0.15) is 11.8 Å². The van der Waals surface area contributed by atoms with Crippen LogP contribution in [-0.2, 0) is 33.2 Å². The van der Waals surface area contributed by atoms with Gasteiger partial charge in [0.25, 0.3) is 0 Å². The molecule has 0 saturated heterocycles. The summed E-state index contributed by atoms with van der Waals surface area (Å²) in [6.07, 6.45) is 2.08. The number of halogens is 1. The smallest absolute Gasteiger partial charge is 0.871 e. The molecule has 1 aromatic carbocycles. The number of benzene rings is 1. The maximum atomic E-state index is 12.8. The van der Waals surface area contributed by atoms with Crippen LogP contribution in [0.2, 0.25) is 0 Å². The third-order valence-electron chi connectivity index (χ3n) is 2.81. The van der Waals surface area contributed by atoms with Gasteiger partial charge in [0.05, 0.1) is 0 Å². The van der Waals surface area contributed by atoms with Crippen molar-refractivity contribution in [1.82, 2.24) is 4.57 Å². The minimum Gasteiger partial charge on any atom is -0.871 e. The molecule has 0 fully saturated rings. The van der Waals surface area contributed by atoms with Gasteiger partial charge in [0.15, 0.2) is 0 Å². The minimum atomic E-state index is -1.93. The summed E-state index contributed by atoms with van der Waals surface area (Å²) in [5, 5.41) is 22.2. The number of ketones is 1. The van der Waals surface area contributed by atoms with Crippen molar-refractivity contribution in [1.29, 1.82) is 0 Å². The van der Waals surface area contributed by atoms with Crippen molar-refractivity contribution >= 4 is 17.5 Å². The Labute approximate surface area is 136 Å². The summed E-state index contributed by atoms with van der Waals surface area (Å²) < 4.78 is 14.4. The Morgan fingerprint density at radius 1 is 1.14 bits per heavy atom. The zero-order valence-corrected chi connectivity index (χ0v) is 12.0. The van der Waals surface area contributed by atoms with Gasteiger partial charge in [-0.1, -0.05) is 17.9 Å². The molecule has 0 N–H and O–H groups in total. The van der Waals surface area contributed by atoms with E-state index < -0.39 is 17.5 Å². The topological polar surface area (TPSA) is 85.2 Å². The fourth-order valence-corrected chi connectivity index (χ4v) is 1.81. The van der Waals surface area contributed by atoms with E-state index in [1.165, 1.54) is 22.8 Å². The number of hydrogen-bond donors (Lipinski definition) is 0. The minimum absolute atomic E-state index is 0. The van der Waals surface area contributed by atoms with E-state index in [1.807, 2.05) is 0 Å². The Kier molecular flexibility index (Phi) is 6.10. The van der Waals surface area contributed by atoms with Crippen LogP contribution in [0.4, 0.5) is 4.39 Å². The van der Waals surface area contributed by atoms with Crippen molar-refractivity contribution in [3.63, 3.8) is 0 Å². The van der Waals surface area contributed by atoms with Crippen LogP contribution in [0.1, 0.15) is 11.3 Å². The molecule has 0 amide bonds. The molecule has 0 aliphatic rings. The fourth-order valence-electron chi connectivity index (χ4n) is 1.81. The second kappa shape index (κ2) is 7.58. The Balaban J connectivity index is 0.00000242. The average Bonchev–Trinajstić information content (AvgIpc) is 2.89. The largest absolute Gasteiger partial charge is 2.00 e. The van der Waals surface area contributed by atoms with Gasteiger partial charge in [0.2, 0.25) is 5.78 Å². The van der Waals surface area contributed by atoms with E-state index in [-0.39, 0.29) is 28.6 Å². The third-order valence-corrected chi connectivity index (χ3v) is 2.81. The summed E-state index contributed by atoms with van der Waals surface area (Å²) in [7, 11) is 0. The Morgan fingerprint density at radius 2 is 1.77 bits per heavy atom. The predicted molar refractivity (Wildman–Crippen MR) is 67.9 cm³/mol. The van der Waals surface area contributed by atoms with Crippen molar-refractivity contribution in [3.8, 4) is 0 Å². The zero-order valence-electron chi connectivity index (χ0n) is 11.1. The van der Waals surface area contributed by atoms with Gasteiger partial charge in [-0.05, 0) is 35.9 Å². The molecule has 0 aliphatic carbocycles. The molecule has 0 saturated carbocycles. The molecule has 117 valence electrons. The number of carbonyl (C=O) groups is 2.